The maximum atomic E-state index is 12.3. The van der Waals surface area contributed by atoms with Gasteiger partial charge in [-0.25, -0.2) is 4.68 Å². The van der Waals surface area contributed by atoms with Crippen LogP contribution in [0.2, 0.25) is 0 Å². The van der Waals surface area contributed by atoms with E-state index in [4.69, 9.17) is 5.11 Å². The first-order valence-corrected chi connectivity index (χ1v) is 8.10. The number of nitrogens with one attached hydrogen (secondary N) is 1. The minimum absolute atomic E-state index is 0.148. The lowest BCUT2D eigenvalue weighted by molar-refractivity contribution is -0.137. The minimum Gasteiger partial charge on any atom is -0.481 e. The smallest absolute Gasteiger partial charge is 0.303 e. The van der Waals surface area contributed by atoms with Gasteiger partial charge < -0.3 is 10.4 Å². The molecule has 0 fully saturated rings. The van der Waals surface area contributed by atoms with Gasteiger partial charge in [0.25, 0.3) is 5.91 Å². The van der Waals surface area contributed by atoms with Crippen molar-refractivity contribution in [1.29, 1.82) is 0 Å². The first kappa shape index (κ1) is 17.7. The van der Waals surface area contributed by atoms with Crippen molar-refractivity contribution in [3.8, 4) is 5.69 Å². The summed E-state index contributed by atoms with van der Waals surface area (Å²) in [7, 11) is 0. The van der Waals surface area contributed by atoms with E-state index in [-0.39, 0.29) is 12.3 Å². The van der Waals surface area contributed by atoms with Crippen LogP contribution < -0.4 is 5.32 Å². The number of hydrogen-bond donors (Lipinski definition) is 2. The number of hydrogen-bond acceptors (Lipinski definition) is 3. The van der Waals surface area contributed by atoms with E-state index in [0.29, 0.717) is 18.5 Å². The van der Waals surface area contributed by atoms with Crippen molar-refractivity contribution < 1.29 is 14.7 Å². The maximum Gasteiger partial charge on any atom is 0.303 e. The van der Waals surface area contributed by atoms with Gasteiger partial charge in [0.1, 0.15) is 0 Å². The lowest BCUT2D eigenvalue weighted by Gasteiger charge is -2.07. The van der Waals surface area contributed by atoms with Crippen molar-refractivity contribution in [1.82, 2.24) is 15.1 Å². The molecule has 128 valence electrons. The molecule has 1 aromatic carbocycles. The van der Waals surface area contributed by atoms with E-state index in [2.05, 4.69) is 10.4 Å². The Kier molecular flexibility index (Phi) is 6.12. The van der Waals surface area contributed by atoms with Gasteiger partial charge in [-0.15, -0.1) is 0 Å². The van der Waals surface area contributed by atoms with Crippen LogP contribution in [0.3, 0.4) is 0 Å². The molecule has 0 aliphatic rings. The lowest BCUT2D eigenvalue weighted by Crippen LogP contribution is -2.25. The molecule has 2 rings (SSSR count). The van der Waals surface area contributed by atoms with Gasteiger partial charge in [-0.3, -0.25) is 9.59 Å². The molecule has 6 nitrogen and oxygen atoms in total. The van der Waals surface area contributed by atoms with Gasteiger partial charge in [-0.2, -0.15) is 5.10 Å². The Bertz CT molecular complexity index is 722. The summed E-state index contributed by atoms with van der Waals surface area (Å²) in [6, 6.07) is 7.95. The van der Waals surface area contributed by atoms with Crippen LogP contribution in [0.1, 0.15) is 47.3 Å². The Balaban J connectivity index is 1.91. The molecule has 0 saturated carbocycles. The number of benzene rings is 1. The predicted molar refractivity (Wildman–Crippen MR) is 91.5 cm³/mol. The van der Waals surface area contributed by atoms with Crippen molar-refractivity contribution in [2.45, 2.75) is 39.5 Å². The monoisotopic (exact) mass is 329 g/mol. The van der Waals surface area contributed by atoms with Crippen LogP contribution in [0.15, 0.2) is 30.5 Å². The molecule has 1 heterocycles. The van der Waals surface area contributed by atoms with E-state index in [1.165, 1.54) is 0 Å². The summed E-state index contributed by atoms with van der Waals surface area (Å²) in [6.45, 7) is 4.42. The van der Waals surface area contributed by atoms with Crippen LogP contribution in [0, 0.1) is 13.8 Å². The molecule has 0 unspecified atom stereocenters. The van der Waals surface area contributed by atoms with E-state index >= 15 is 0 Å². The average molecular weight is 329 g/mol. The SMILES string of the molecule is Cc1cccc(-n2ncc(C(=O)NCCCCCC(=O)O)c2C)c1. The zero-order valence-corrected chi connectivity index (χ0v) is 14.1. The highest BCUT2D eigenvalue weighted by molar-refractivity contribution is 5.95. The molecule has 2 aromatic rings. The molecule has 0 radical (unpaired) electrons. The number of carbonyl (C=O) groups is 2. The summed E-state index contributed by atoms with van der Waals surface area (Å²) >= 11 is 0. The summed E-state index contributed by atoms with van der Waals surface area (Å²) in [5.74, 6) is -0.928. The fraction of sp³-hybridized carbons (Fsp3) is 0.389. The summed E-state index contributed by atoms with van der Waals surface area (Å²) in [5.41, 5.74) is 3.42. The van der Waals surface area contributed by atoms with Crippen molar-refractivity contribution in [3.05, 3.63) is 47.3 Å². The molecule has 6 heteroatoms. The lowest BCUT2D eigenvalue weighted by atomic mass is 10.2. The first-order chi connectivity index (χ1) is 11.5. The number of nitrogens with zero attached hydrogens (tertiary/aromatic N) is 2. The molecular weight excluding hydrogens is 306 g/mol. The number of aliphatic carboxylic acids is 1. The van der Waals surface area contributed by atoms with E-state index < -0.39 is 5.97 Å². The fourth-order valence-electron chi connectivity index (χ4n) is 2.53. The second-order valence-electron chi connectivity index (χ2n) is 5.85. The van der Waals surface area contributed by atoms with E-state index in [0.717, 1.165) is 29.8 Å². The predicted octanol–water partition coefficient (Wildman–Crippen LogP) is 2.86. The van der Waals surface area contributed by atoms with E-state index in [9.17, 15) is 9.59 Å². The van der Waals surface area contributed by atoms with Crippen LogP contribution >= 0.6 is 0 Å². The molecule has 24 heavy (non-hydrogen) atoms. The number of carboxylic acid groups (broad SMARTS) is 1. The van der Waals surface area contributed by atoms with Gasteiger partial charge in [0.2, 0.25) is 0 Å². The number of carbonyl (C=O) groups excluding carboxylic acids is 1. The normalized spacial score (nSPS) is 10.6. The third-order valence-corrected chi connectivity index (χ3v) is 3.85. The minimum atomic E-state index is -0.779. The second kappa shape index (κ2) is 8.29. The summed E-state index contributed by atoms with van der Waals surface area (Å²) < 4.78 is 1.76. The zero-order chi connectivity index (χ0) is 17.5. The quantitative estimate of drug-likeness (QED) is 0.729. The number of aromatic nitrogens is 2. The molecule has 0 atom stereocenters. The highest BCUT2D eigenvalue weighted by Crippen LogP contribution is 2.15. The Morgan fingerprint density at radius 3 is 2.71 bits per heavy atom. The molecule has 0 bridgehead atoms. The zero-order valence-electron chi connectivity index (χ0n) is 14.1. The number of carboxylic acids is 1. The fourth-order valence-corrected chi connectivity index (χ4v) is 2.53. The highest BCUT2D eigenvalue weighted by Gasteiger charge is 2.14. The van der Waals surface area contributed by atoms with E-state index in [1.807, 2.05) is 38.1 Å². The van der Waals surface area contributed by atoms with Gasteiger partial charge in [0.05, 0.1) is 23.1 Å². The molecule has 1 aromatic heterocycles. The van der Waals surface area contributed by atoms with Gasteiger partial charge >= 0.3 is 5.97 Å². The topological polar surface area (TPSA) is 84.2 Å². The van der Waals surface area contributed by atoms with Crippen LogP contribution in [0.25, 0.3) is 5.69 Å². The molecule has 0 saturated heterocycles. The van der Waals surface area contributed by atoms with Gasteiger partial charge in [0, 0.05) is 13.0 Å². The second-order valence-corrected chi connectivity index (χ2v) is 5.85. The molecular formula is C18H23N3O3. The van der Waals surface area contributed by atoms with Crippen molar-refractivity contribution in [2.24, 2.45) is 0 Å². The Hall–Kier alpha value is -2.63. The summed E-state index contributed by atoms with van der Waals surface area (Å²) in [4.78, 5) is 22.7. The Morgan fingerprint density at radius 2 is 2.00 bits per heavy atom. The largest absolute Gasteiger partial charge is 0.481 e. The van der Waals surface area contributed by atoms with Crippen molar-refractivity contribution >= 4 is 11.9 Å². The van der Waals surface area contributed by atoms with Crippen LogP contribution in [-0.2, 0) is 4.79 Å². The summed E-state index contributed by atoms with van der Waals surface area (Å²) in [6.07, 6.45) is 3.95. The maximum absolute atomic E-state index is 12.3. The summed E-state index contributed by atoms with van der Waals surface area (Å²) in [5, 5.41) is 15.8. The van der Waals surface area contributed by atoms with Crippen LogP contribution in [-0.4, -0.2) is 33.3 Å². The third-order valence-electron chi connectivity index (χ3n) is 3.85. The third kappa shape index (κ3) is 4.68. The average Bonchev–Trinajstić information content (AvgIpc) is 2.92. The highest BCUT2D eigenvalue weighted by atomic mass is 16.4. The molecule has 1 amide bonds. The molecule has 0 spiro atoms. The standard InChI is InChI=1S/C18H23N3O3/c1-13-7-6-8-15(11-13)21-14(2)16(12-20-21)18(24)19-10-5-3-4-9-17(22)23/h6-8,11-12H,3-5,9-10H2,1-2H3,(H,19,24)(H,22,23). The first-order valence-electron chi connectivity index (χ1n) is 8.10. The van der Waals surface area contributed by atoms with Gasteiger partial charge in [-0.05, 0) is 44.4 Å². The van der Waals surface area contributed by atoms with E-state index in [1.54, 1.807) is 10.9 Å². The number of amides is 1. The molecule has 0 aliphatic carbocycles. The van der Waals surface area contributed by atoms with Crippen LogP contribution in [0.5, 0.6) is 0 Å². The van der Waals surface area contributed by atoms with Gasteiger partial charge in [-0.1, -0.05) is 18.6 Å². The molecule has 0 aliphatic heterocycles. The van der Waals surface area contributed by atoms with Crippen molar-refractivity contribution in [2.75, 3.05) is 6.54 Å². The Morgan fingerprint density at radius 1 is 1.21 bits per heavy atom. The number of unbranched alkanes of at least 4 members (excludes halogenated alkanes) is 2. The Labute approximate surface area is 141 Å². The number of aryl methyl sites for hydroxylation is 1. The molecule has 2 N–H and O–H groups in total. The van der Waals surface area contributed by atoms with Crippen LogP contribution in [0.4, 0.5) is 0 Å². The van der Waals surface area contributed by atoms with Gasteiger partial charge in [0.15, 0.2) is 0 Å². The van der Waals surface area contributed by atoms with Crippen molar-refractivity contribution in [3.63, 3.8) is 0 Å². The number of rotatable bonds is 8.